The first-order valence-corrected chi connectivity index (χ1v) is 6.70. The first kappa shape index (κ1) is 12.4. The van der Waals surface area contributed by atoms with Crippen LogP contribution in [0.1, 0.15) is 19.4 Å². The second kappa shape index (κ2) is 4.17. The molecule has 1 heterocycles. The number of halogens is 1. The van der Waals surface area contributed by atoms with Crippen molar-refractivity contribution in [2.75, 3.05) is 5.73 Å². The molecule has 1 aliphatic rings. The van der Waals surface area contributed by atoms with Gasteiger partial charge in [0, 0.05) is 22.7 Å². The Morgan fingerprint density at radius 3 is 2.68 bits per heavy atom. The van der Waals surface area contributed by atoms with Gasteiger partial charge in [-0.2, -0.15) is 0 Å². The first-order valence-electron chi connectivity index (χ1n) is 6.32. The number of ether oxygens (including phenoxy) is 1. The van der Waals surface area contributed by atoms with Gasteiger partial charge >= 0.3 is 0 Å². The van der Waals surface area contributed by atoms with E-state index in [0.29, 0.717) is 10.7 Å². The lowest BCUT2D eigenvalue weighted by atomic mass is 9.97. The summed E-state index contributed by atoms with van der Waals surface area (Å²) in [6, 6.07) is 11.8. The van der Waals surface area contributed by atoms with Crippen LogP contribution in [0.5, 0.6) is 5.75 Å². The number of fused-ring (bicyclic) bond motifs is 1. The number of nitrogen functional groups attached to an aromatic ring is 1. The van der Waals surface area contributed by atoms with Crippen LogP contribution in [-0.2, 0) is 6.42 Å². The fourth-order valence-electron chi connectivity index (χ4n) is 2.57. The molecule has 0 aromatic heterocycles. The van der Waals surface area contributed by atoms with Gasteiger partial charge in [-0.15, -0.1) is 0 Å². The Labute approximate surface area is 118 Å². The molecule has 0 saturated carbocycles. The maximum absolute atomic E-state index is 6.04. The van der Waals surface area contributed by atoms with Gasteiger partial charge in [0.25, 0.3) is 0 Å². The summed E-state index contributed by atoms with van der Waals surface area (Å²) in [5.41, 5.74) is 9.97. The van der Waals surface area contributed by atoms with Gasteiger partial charge in [-0.05, 0) is 49.2 Å². The summed E-state index contributed by atoms with van der Waals surface area (Å²) >= 11 is 5.94. The van der Waals surface area contributed by atoms with Crippen molar-refractivity contribution in [3.05, 3.63) is 47.0 Å². The summed E-state index contributed by atoms with van der Waals surface area (Å²) in [5, 5.41) is 0.659. The predicted octanol–water partition coefficient (Wildman–Crippen LogP) is 4.30. The molecule has 0 amide bonds. The summed E-state index contributed by atoms with van der Waals surface area (Å²) in [4.78, 5) is 0. The van der Waals surface area contributed by atoms with Crippen LogP contribution in [0.3, 0.4) is 0 Å². The van der Waals surface area contributed by atoms with Crippen molar-refractivity contribution < 1.29 is 4.74 Å². The third kappa shape index (κ3) is 2.28. The molecule has 98 valence electrons. The number of nitrogens with two attached hydrogens (primary N) is 1. The maximum atomic E-state index is 6.04. The van der Waals surface area contributed by atoms with Crippen LogP contribution in [0.4, 0.5) is 5.69 Å². The fourth-order valence-corrected chi connectivity index (χ4v) is 2.75. The van der Waals surface area contributed by atoms with Crippen LogP contribution in [0, 0.1) is 0 Å². The Morgan fingerprint density at radius 1 is 1.16 bits per heavy atom. The molecule has 0 unspecified atom stereocenters. The van der Waals surface area contributed by atoms with Crippen LogP contribution in [-0.4, -0.2) is 5.60 Å². The van der Waals surface area contributed by atoms with E-state index in [9.17, 15) is 0 Å². The minimum Gasteiger partial charge on any atom is -0.487 e. The third-order valence-electron chi connectivity index (χ3n) is 3.39. The van der Waals surface area contributed by atoms with Crippen molar-refractivity contribution in [2.45, 2.75) is 25.9 Å². The molecular formula is C16H16ClNO. The fraction of sp³-hybridized carbons (Fsp3) is 0.250. The lowest BCUT2D eigenvalue weighted by molar-refractivity contribution is 0.138. The molecule has 0 spiro atoms. The highest BCUT2D eigenvalue weighted by molar-refractivity contribution is 6.31. The second-order valence-electron chi connectivity index (χ2n) is 5.59. The maximum Gasteiger partial charge on any atom is 0.123 e. The van der Waals surface area contributed by atoms with Crippen molar-refractivity contribution in [2.24, 2.45) is 0 Å². The third-order valence-corrected chi connectivity index (χ3v) is 3.62. The van der Waals surface area contributed by atoms with Crippen molar-refractivity contribution in [1.82, 2.24) is 0 Å². The SMILES string of the molecule is CC1(C)Cc2cc(-c3ccc(Cl)cc3N)ccc2O1. The van der Waals surface area contributed by atoms with Crippen molar-refractivity contribution in [3.63, 3.8) is 0 Å². The molecule has 2 aromatic carbocycles. The monoisotopic (exact) mass is 273 g/mol. The van der Waals surface area contributed by atoms with Gasteiger partial charge in [0.15, 0.2) is 0 Å². The Bertz CT molecular complexity index is 649. The Hall–Kier alpha value is -1.67. The number of hydrogen-bond acceptors (Lipinski definition) is 2. The molecule has 2 aromatic rings. The summed E-state index contributed by atoms with van der Waals surface area (Å²) < 4.78 is 5.88. The van der Waals surface area contributed by atoms with Crippen LogP contribution >= 0.6 is 11.6 Å². The average molecular weight is 274 g/mol. The topological polar surface area (TPSA) is 35.2 Å². The van der Waals surface area contributed by atoms with Gasteiger partial charge in [0.1, 0.15) is 11.4 Å². The van der Waals surface area contributed by atoms with E-state index < -0.39 is 0 Å². The van der Waals surface area contributed by atoms with E-state index in [4.69, 9.17) is 22.1 Å². The van der Waals surface area contributed by atoms with E-state index in [1.165, 1.54) is 5.56 Å². The molecule has 2 N–H and O–H groups in total. The van der Waals surface area contributed by atoms with Gasteiger partial charge < -0.3 is 10.5 Å². The zero-order chi connectivity index (χ0) is 13.6. The zero-order valence-electron chi connectivity index (χ0n) is 11.0. The summed E-state index contributed by atoms with van der Waals surface area (Å²) in [6.45, 7) is 4.20. The van der Waals surface area contributed by atoms with Crippen LogP contribution in [0.25, 0.3) is 11.1 Å². The van der Waals surface area contributed by atoms with E-state index in [0.717, 1.165) is 23.3 Å². The minimum absolute atomic E-state index is 0.119. The Morgan fingerprint density at radius 2 is 1.95 bits per heavy atom. The highest BCUT2D eigenvalue weighted by atomic mass is 35.5. The highest BCUT2D eigenvalue weighted by Gasteiger charge is 2.30. The van der Waals surface area contributed by atoms with Crippen LogP contribution < -0.4 is 10.5 Å². The number of benzene rings is 2. The van der Waals surface area contributed by atoms with E-state index >= 15 is 0 Å². The molecule has 3 heteroatoms. The first-order chi connectivity index (χ1) is 8.94. The zero-order valence-corrected chi connectivity index (χ0v) is 11.8. The van der Waals surface area contributed by atoms with Gasteiger partial charge in [-0.25, -0.2) is 0 Å². The highest BCUT2D eigenvalue weighted by Crippen LogP contribution is 2.38. The second-order valence-corrected chi connectivity index (χ2v) is 6.03. The molecule has 0 bridgehead atoms. The van der Waals surface area contributed by atoms with Crippen molar-refractivity contribution in [1.29, 1.82) is 0 Å². The van der Waals surface area contributed by atoms with Crippen LogP contribution in [0.15, 0.2) is 36.4 Å². The van der Waals surface area contributed by atoms with Gasteiger partial charge in [0.05, 0.1) is 0 Å². The van der Waals surface area contributed by atoms with Crippen molar-refractivity contribution in [3.8, 4) is 16.9 Å². The standard InChI is InChI=1S/C16H16ClNO/c1-16(2)9-11-7-10(3-6-15(11)19-16)13-5-4-12(17)8-14(13)18/h3-8H,9,18H2,1-2H3. The molecule has 2 nitrogen and oxygen atoms in total. The van der Waals surface area contributed by atoms with E-state index in [1.807, 2.05) is 24.3 Å². The van der Waals surface area contributed by atoms with Gasteiger partial charge in [-0.3, -0.25) is 0 Å². The average Bonchev–Trinajstić information content (AvgIpc) is 2.61. The van der Waals surface area contributed by atoms with E-state index in [-0.39, 0.29) is 5.60 Å². The minimum atomic E-state index is -0.119. The van der Waals surface area contributed by atoms with E-state index in [1.54, 1.807) is 6.07 Å². The molecule has 1 aliphatic heterocycles. The van der Waals surface area contributed by atoms with Gasteiger partial charge in [-0.1, -0.05) is 23.7 Å². The Balaban J connectivity index is 2.04. The lowest BCUT2D eigenvalue weighted by Gasteiger charge is -2.16. The smallest absolute Gasteiger partial charge is 0.123 e. The molecule has 0 saturated heterocycles. The van der Waals surface area contributed by atoms with Crippen LogP contribution in [0.2, 0.25) is 5.02 Å². The molecular weight excluding hydrogens is 258 g/mol. The molecule has 3 rings (SSSR count). The molecule has 0 radical (unpaired) electrons. The van der Waals surface area contributed by atoms with Crippen molar-refractivity contribution >= 4 is 17.3 Å². The summed E-state index contributed by atoms with van der Waals surface area (Å²) in [6.07, 6.45) is 0.920. The number of rotatable bonds is 1. The normalized spacial score (nSPS) is 15.9. The molecule has 0 aliphatic carbocycles. The lowest BCUT2D eigenvalue weighted by Crippen LogP contribution is -2.24. The summed E-state index contributed by atoms with van der Waals surface area (Å²) in [5.74, 6) is 0.973. The quantitative estimate of drug-likeness (QED) is 0.786. The molecule has 0 atom stereocenters. The van der Waals surface area contributed by atoms with Gasteiger partial charge in [0.2, 0.25) is 0 Å². The summed E-state index contributed by atoms with van der Waals surface area (Å²) in [7, 11) is 0. The largest absolute Gasteiger partial charge is 0.487 e. The molecule has 0 fully saturated rings. The molecule has 19 heavy (non-hydrogen) atoms. The number of anilines is 1. The predicted molar refractivity (Wildman–Crippen MR) is 79.7 cm³/mol. The number of hydrogen-bond donors (Lipinski definition) is 1. The van der Waals surface area contributed by atoms with E-state index in [2.05, 4.69) is 19.9 Å². The Kier molecular flexibility index (Phi) is 2.72.